The third kappa shape index (κ3) is 3.10. The second-order valence-corrected chi connectivity index (χ2v) is 5.66. The Kier molecular flexibility index (Phi) is 4.65. The minimum Gasteiger partial charge on any atom is -0.395 e. The molecule has 5 nitrogen and oxygen atoms in total. The highest BCUT2D eigenvalue weighted by molar-refractivity contribution is 5.66. The van der Waals surface area contributed by atoms with E-state index in [0.29, 0.717) is 12.5 Å². The summed E-state index contributed by atoms with van der Waals surface area (Å²) in [5.41, 5.74) is 8.96. The fourth-order valence-corrected chi connectivity index (χ4v) is 3.20. The van der Waals surface area contributed by atoms with Crippen molar-refractivity contribution < 1.29 is 5.11 Å². The summed E-state index contributed by atoms with van der Waals surface area (Å²) in [5.74, 6) is 0.309. The molecule has 1 saturated heterocycles. The van der Waals surface area contributed by atoms with Gasteiger partial charge in [0.25, 0.3) is 0 Å². The van der Waals surface area contributed by atoms with Crippen molar-refractivity contribution in [1.29, 1.82) is 0 Å². The van der Waals surface area contributed by atoms with Gasteiger partial charge in [0.05, 0.1) is 18.3 Å². The van der Waals surface area contributed by atoms with Gasteiger partial charge in [0.2, 0.25) is 5.95 Å². The first-order valence-corrected chi connectivity index (χ1v) is 7.82. The van der Waals surface area contributed by atoms with Crippen LogP contribution in [0.15, 0.2) is 36.5 Å². The molecule has 3 N–H and O–H groups in total. The molecule has 22 heavy (non-hydrogen) atoms. The topological polar surface area (TPSA) is 75.3 Å². The Morgan fingerprint density at radius 2 is 2.05 bits per heavy atom. The van der Waals surface area contributed by atoms with Gasteiger partial charge in [0, 0.05) is 18.3 Å². The van der Waals surface area contributed by atoms with Gasteiger partial charge in [0.1, 0.15) is 0 Å². The molecule has 1 aliphatic rings. The minimum absolute atomic E-state index is 0.164. The number of rotatable bonds is 4. The van der Waals surface area contributed by atoms with Crippen LogP contribution >= 0.6 is 0 Å². The maximum Gasteiger partial charge on any atom is 0.220 e. The molecule has 1 unspecified atom stereocenters. The van der Waals surface area contributed by atoms with E-state index in [1.807, 2.05) is 24.4 Å². The predicted molar refractivity (Wildman–Crippen MR) is 87.1 cm³/mol. The average Bonchev–Trinajstić information content (AvgIpc) is 2.56. The van der Waals surface area contributed by atoms with E-state index in [1.54, 1.807) is 0 Å². The Balaban J connectivity index is 2.03. The maximum atomic E-state index is 9.33. The first kappa shape index (κ1) is 14.9. The zero-order valence-electron chi connectivity index (χ0n) is 12.7. The second kappa shape index (κ2) is 6.85. The van der Waals surface area contributed by atoms with Crippen molar-refractivity contribution in [1.82, 2.24) is 14.9 Å². The Morgan fingerprint density at radius 1 is 1.23 bits per heavy atom. The number of β-amino-alcohol motifs (C(OH)–C–C–N with tert-alkyl or cyclic N) is 1. The van der Waals surface area contributed by atoms with Crippen LogP contribution in [0.25, 0.3) is 11.1 Å². The Labute approximate surface area is 130 Å². The number of nitrogens with zero attached hydrogens (tertiary/aromatic N) is 3. The molecule has 3 rings (SSSR count). The van der Waals surface area contributed by atoms with Crippen molar-refractivity contribution in [2.24, 2.45) is 0 Å². The minimum atomic E-state index is 0.164. The van der Waals surface area contributed by atoms with E-state index in [9.17, 15) is 5.11 Å². The summed E-state index contributed by atoms with van der Waals surface area (Å²) in [4.78, 5) is 11.0. The smallest absolute Gasteiger partial charge is 0.220 e. The summed E-state index contributed by atoms with van der Waals surface area (Å²) in [6, 6.07) is 10.4. The van der Waals surface area contributed by atoms with Crippen LogP contribution in [0.5, 0.6) is 0 Å². The summed E-state index contributed by atoms with van der Waals surface area (Å²) in [6.45, 7) is 1.82. The van der Waals surface area contributed by atoms with Gasteiger partial charge in [0.15, 0.2) is 0 Å². The summed E-state index contributed by atoms with van der Waals surface area (Å²) in [5, 5.41) is 9.33. The fourth-order valence-electron chi connectivity index (χ4n) is 3.20. The Bertz CT molecular complexity index is 615. The molecule has 1 aromatic carbocycles. The van der Waals surface area contributed by atoms with Gasteiger partial charge in [-0.05, 0) is 24.9 Å². The van der Waals surface area contributed by atoms with Gasteiger partial charge >= 0.3 is 0 Å². The summed E-state index contributed by atoms with van der Waals surface area (Å²) < 4.78 is 0. The van der Waals surface area contributed by atoms with E-state index in [1.165, 1.54) is 6.42 Å². The van der Waals surface area contributed by atoms with Crippen LogP contribution < -0.4 is 5.73 Å². The van der Waals surface area contributed by atoms with E-state index in [4.69, 9.17) is 5.73 Å². The lowest BCUT2D eigenvalue weighted by Crippen LogP contribution is -2.36. The normalized spacial score (nSPS) is 19.2. The number of aliphatic hydroxyl groups is 1. The van der Waals surface area contributed by atoms with Crippen molar-refractivity contribution in [3.63, 3.8) is 0 Å². The molecule has 0 amide bonds. The molecular formula is C17H22N4O. The highest BCUT2D eigenvalue weighted by atomic mass is 16.3. The average molecular weight is 298 g/mol. The Hall–Kier alpha value is -1.98. The predicted octanol–water partition coefficient (Wildman–Crippen LogP) is 2.25. The van der Waals surface area contributed by atoms with Crippen molar-refractivity contribution in [2.75, 3.05) is 25.4 Å². The molecule has 1 aliphatic heterocycles. The number of hydrogen-bond donors (Lipinski definition) is 2. The first-order chi connectivity index (χ1) is 10.8. The summed E-state index contributed by atoms with van der Waals surface area (Å²) >= 11 is 0. The molecule has 0 radical (unpaired) electrons. The van der Waals surface area contributed by atoms with Crippen molar-refractivity contribution in [2.45, 2.75) is 25.3 Å². The number of nitrogens with two attached hydrogens (primary N) is 1. The van der Waals surface area contributed by atoms with Crippen LogP contribution in [0.4, 0.5) is 5.95 Å². The van der Waals surface area contributed by atoms with Gasteiger partial charge in [-0.2, -0.15) is 0 Å². The number of anilines is 1. The molecule has 116 valence electrons. The Morgan fingerprint density at radius 3 is 2.82 bits per heavy atom. The van der Waals surface area contributed by atoms with Crippen molar-refractivity contribution in [3.8, 4) is 11.1 Å². The van der Waals surface area contributed by atoms with Gasteiger partial charge < -0.3 is 10.8 Å². The highest BCUT2D eigenvalue weighted by Gasteiger charge is 2.27. The van der Waals surface area contributed by atoms with Crippen LogP contribution in [0.1, 0.15) is 31.0 Å². The lowest BCUT2D eigenvalue weighted by atomic mass is 9.94. The molecule has 0 bridgehead atoms. The maximum absolute atomic E-state index is 9.33. The molecule has 0 aliphatic carbocycles. The highest BCUT2D eigenvalue weighted by Crippen LogP contribution is 2.35. The van der Waals surface area contributed by atoms with Crippen molar-refractivity contribution >= 4 is 5.95 Å². The molecule has 0 saturated carbocycles. The monoisotopic (exact) mass is 298 g/mol. The van der Waals surface area contributed by atoms with Gasteiger partial charge in [-0.25, -0.2) is 9.97 Å². The van der Waals surface area contributed by atoms with E-state index >= 15 is 0 Å². The first-order valence-electron chi connectivity index (χ1n) is 7.82. The number of hydrogen-bond acceptors (Lipinski definition) is 5. The number of nitrogen functional groups attached to an aromatic ring is 1. The van der Waals surface area contributed by atoms with Crippen LogP contribution in [-0.4, -0.2) is 39.7 Å². The zero-order valence-corrected chi connectivity index (χ0v) is 12.7. The molecular weight excluding hydrogens is 276 g/mol. The molecule has 5 heteroatoms. The van der Waals surface area contributed by atoms with Crippen LogP contribution in [-0.2, 0) is 0 Å². The van der Waals surface area contributed by atoms with Crippen LogP contribution in [0.2, 0.25) is 0 Å². The molecule has 1 aromatic heterocycles. The summed E-state index contributed by atoms with van der Waals surface area (Å²) in [6.07, 6.45) is 5.19. The van der Waals surface area contributed by atoms with Gasteiger partial charge in [-0.15, -0.1) is 0 Å². The van der Waals surface area contributed by atoms with Crippen molar-refractivity contribution in [3.05, 3.63) is 42.2 Å². The van der Waals surface area contributed by atoms with E-state index in [2.05, 4.69) is 27.0 Å². The quantitative estimate of drug-likeness (QED) is 0.905. The number of likely N-dealkylation sites (tertiary alicyclic amines) is 1. The number of aromatic nitrogens is 2. The lowest BCUT2D eigenvalue weighted by Gasteiger charge is -2.35. The van der Waals surface area contributed by atoms with E-state index in [0.717, 1.165) is 36.2 Å². The number of aliphatic hydroxyl groups excluding tert-OH is 1. The second-order valence-electron chi connectivity index (χ2n) is 5.66. The zero-order chi connectivity index (χ0) is 15.4. The number of piperidine rings is 1. The van der Waals surface area contributed by atoms with Gasteiger partial charge in [-0.3, -0.25) is 4.90 Å². The standard InChI is InChI=1S/C17H22N4O/c18-17-19-12-14(13-6-2-1-3-7-13)16(20-17)15-8-4-5-9-21(15)10-11-22/h1-3,6-7,12,15,22H,4-5,8-11H2,(H2,18,19,20). The van der Waals surface area contributed by atoms with E-state index < -0.39 is 0 Å². The van der Waals surface area contributed by atoms with Crippen LogP contribution in [0.3, 0.4) is 0 Å². The largest absolute Gasteiger partial charge is 0.395 e. The number of benzene rings is 1. The lowest BCUT2D eigenvalue weighted by molar-refractivity contribution is 0.115. The van der Waals surface area contributed by atoms with Gasteiger partial charge in [-0.1, -0.05) is 36.8 Å². The third-order valence-corrected chi connectivity index (χ3v) is 4.24. The molecule has 2 heterocycles. The van der Waals surface area contributed by atoms with E-state index in [-0.39, 0.29) is 12.6 Å². The third-order valence-electron chi connectivity index (χ3n) is 4.24. The SMILES string of the molecule is Nc1ncc(-c2ccccc2)c(C2CCCCN2CCO)n1. The molecule has 0 spiro atoms. The molecule has 1 fully saturated rings. The molecule has 2 aromatic rings. The van der Waals surface area contributed by atoms with Crippen LogP contribution in [0, 0.1) is 0 Å². The fraction of sp³-hybridized carbons (Fsp3) is 0.412. The summed E-state index contributed by atoms with van der Waals surface area (Å²) in [7, 11) is 0. The molecule has 1 atom stereocenters.